The van der Waals surface area contributed by atoms with Crippen molar-refractivity contribution in [1.82, 2.24) is 15.1 Å². The molecule has 1 N–H and O–H groups in total. The summed E-state index contributed by atoms with van der Waals surface area (Å²) < 4.78 is 12.5. The van der Waals surface area contributed by atoms with E-state index in [9.17, 15) is 4.79 Å². The number of nitrogens with zero attached hydrogens (tertiary/aromatic N) is 2. The van der Waals surface area contributed by atoms with Gasteiger partial charge in [-0.05, 0) is 44.0 Å². The molecule has 0 saturated heterocycles. The molecule has 3 rings (SSSR count). The summed E-state index contributed by atoms with van der Waals surface area (Å²) in [6.07, 6.45) is 0. The van der Waals surface area contributed by atoms with Crippen molar-refractivity contribution in [2.24, 2.45) is 5.92 Å². The Morgan fingerprint density at radius 2 is 2.12 bits per heavy atom. The van der Waals surface area contributed by atoms with E-state index in [0.717, 1.165) is 23.5 Å². The molecule has 1 amide bonds. The maximum Gasteiger partial charge on any atom is 0.296 e. The molecule has 130 valence electrons. The van der Waals surface area contributed by atoms with Crippen LogP contribution < -0.4 is 14.8 Å². The maximum atomic E-state index is 11.9. The van der Waals surface area contributed by atoms with Crippen LogP contribution in [0.3, 0.4) is 0 Å². The molecule has 2 heterocycles. The maximum absolute atomic E-state index is 11.9. The first-order valence-corrected chi connectivity index (χ1v) is 8.22. The largest absolute Gasteiger partial charge is 0.454 e. The molecule has 0 aliphatic carbocycles. The number of hydrogen-bond acceptors (Lipinski definition) is 4. The van der Waals surface area contributed by atoms with Gasteiger partial charge in [-0.3, -0.25) is 9.48 Å². The number of benzene rings is 1. The highest BCUT2D eigenvalue weighted by Crippen LogP contribution is 2.32. The molecule has 0 radical (unpaired) electrons. The Morgan fingerprint density at radius 3 is 2.88 bits per heavy atom. The zero-order valence-corrected chi connectivity index (χ0v) is 14.6. The number of carbonyl (C=O) groups excluding carboxylic acids is 1. The smallest absolute Gasteiger partial charge is 0.296 e. The Morgan fingerprint density at radius 1 is 1.32 bits per heavy atom. The molecule has 0 saturated carbocycles. The van der Waals surface area contributed by atoms with E-state index >= 15 is 0 Å². The van der Waals surface area contributed by atoms with E-state index in [1.54, 1.807) is 18.2 Å². The van der Waals surface area contributed by atoms with Crippen LogP contribution in [-0.4, -0.2) is 29.0 Å². The second kappa shape index (κ2) is 7.31. The van der Waals surface area contributed by atoms with Crippen molar-refractivity contribution in [1.29, 1.82) is 0 Å². The quantitative estimate of drug-likeness (QED) is 0.866. The summed E-state index contributed by atoms with van der Waals surface area (Å²) in [5, 5.41) is 7.28. The molecule has 0 fully saturated rings. The van der Waals surface area contributed by atoms with Gasteiger partial charge in [0.15, 0.2) is 11.5 Å². The van der Waals surface area contributed by atoms with Crippen LogP contribution in [0.4, 0.5) is 0 Å². The molecular weight excluding hydrogens is 318 g/mol. The van der Waals surface area contributed by atoms with Crippen molar-refractivity contribution in [2.45, 2.75) is 27.3 Å². The van der Waals surface area contributed by atoms with Crippen molar-refractivity contribution in [3.05, 3.63) is 41.2 Å². The van der Waals surface area contributed by atoms with E-state index in [4.69, 9.17) is 9.47 Å². The molecule has 1 aromatic carbocycles. The number of rotatable bonds is 4. The highest BCUT2D eigenvalue weighted by atomic mass is 16.7. The zero-order chi connectivity index (χ0) is 17.8. The Hall–Kier alpha value is -2.94. The van der Waals surface area contributed by atoms with Crippen LogP contribution in [0, 0.1) is 31.6 Å². The van der Waals surface area contributed by atoms with Gasteiger partial charge in [0.1, 0.15) is 0 Å². The Kier molecular flexibility index (Phi) is 4.94. The number of aryl methyl sites for hydroxylation is 2. The molecule has 0 bridgehead atoms. The van der Waals surface area contributed by atoms with Crippen LogP contribution in [0.25, 0.3) is 0 Å². The fourth-order valence-electron chi connectivity index (χ4n) is 2.63. The Bertz CT molecular complexity index is 845. The average molecular weight is 339 g/mol. The second-order valence-corrected chi connectivity index (χ2v) is 6.24. The first kappa shape index (κ1) is 16.9. The number of amides is 1. The van der Waals surface area contributed by atoms with Gasteiger partial charge in [-0.15, -0.1) is 0 Å². The van der Waals surface area contributed by atoms with Gasteiger partial charge in [-0.25, -0.2) is 0 Å². The normalized spacial score (nSPS) is 13.1. The lowest BCUT2D eigenvalue weighted by atomic mass is 10.2. The Labute approximate surface area is 147 Å². The summed E-state index contributed by atoms with van der Waals surface area (Å²) in [7, 11) is 0. The van der Waals surface area contributed by atoms with Crippen LogP contribution in [0.2, 0.25) is 0 Å². The first-order valence-electron chi connectivity index (χ1n) is 8.22. The molecular formula is C19H21N3O3. The van der Waals surface area contributed by atoms with E-state index < -0.39 is 0 Å². The predicted molar refractivity (Wildman–Crippen MR) is 93.3 cm³/mol. The van der Waals surface area contributed by atoms with Gasteiger partial charge < -0.3 is 14.8 Å². The van der Waals surface area contributed by atoms with E-state index in [-0.39, 0.29) is 18.6 Å². The van der Waals surface area contributed by atoms with Gasteiger partial charge in [0, 0.05) is 30.3 Å². The van der Waals surface area contributed by atoms with Crippen molar-refractivity contribution in [3.63, 3.8) is 0 Å². The molecule has 0 spiro atoms. The topological polar surface area (TPSA) is 65.4 Å². The highest BCUT2D eigenvalue weighted by Gasteiger charge is 2.12. The summed E-state index contributed by atoms with van der Waals surface area (Å²) >= 11 is 0. The fourth-order valence-corrected chi connectivity index (χ4v) is 2.63. The number of aromatic nitrogens is 2. The lowest BCUT2D eigenvalue weighted by molar-refractivity contribution is -0.115. The molecule has 6 nitrogen and oxygen atoms in total. The predicted octanol–water partition coefficient (Wildman–Crippen LogP) is 2.03. The van der Waals surface area contributed by atoms with Crippen molar-refractivity contribution in [2.75, 3.05) is 13.3 Å². The number of carbonyl (C=O) groups is 1. The number of hydrogen-bond donors (Lipinski definition) is 1. The summed E-state index contributed by atoms with van der Waals surface area (Å²) in [6, 6.07) is 7.41. The van der Waals surface area contributed by atoms with Crippen LogP contribution in [0.5, 0.6) is 11.5 Å². The lowest BCUT2D eigenvalue weighted by Crippen LogP contribution is -2.29. The van der Waals surface area contributed by atoms with Gasteiger partial charge in [0.25, 0.3) is 5.91 Å². The third kappa shape index (κ3) is 4.32. The average Bonchev–Trinajstić information content (AvgIpc) is 3.16. The molecule has 1 atom stereocenters. The van der Waals surface area contributed by atoms with Gasteiger partial charge in [0.2, 0.25) is 6.79 Å². The van der Waals surface area contributed by atoms with Crippen molar-refractivity contribution < 1.29 is 14.3 Å². The third-order valence-electron chi connectivity index (χ3n) is 3.89. The zero-order valence-electron chi connectivity index (χ0n) is 14.6. The summed E-state index contributed by atoms with van der Waals surface area (Å²) in [5.74, 6) is 6.78. The minimum Gasteiger partial charge on any atom is -0.454 e. The molecule has 1 aliphatic heterocycles. The minimum atomic E-state index is -0.294. The number of ether oxygens (including phenoxy) is 2. The van der Waals surface area contributed by atoms with Crippen molar-refractivity contribution >= 4 is 5.91 Å². The number of nitrogens with one attached hydrogen (secondary N) is 1. The number of fused-ring (bicyclic) bond motifs is 1. The summed E-state index contributed by atoms with van der Waals surface area (Å²) in [6.45, 7) is 7.61. The standard InChI is InChI=1S/C19H21N3O3/c1-13(11-22-15(3)8-14(2)21-22)10-20-19(23)7-5-16-4-6-17-18(9-16)25-12-24-17/h4,6,8-9,13H,10-12H2,1-3H3,(H,20,23)/t13-/m0/s1. The first-order chi connectivity index (χ1) is 12.0. The molecule has 2 aromatic rings. The van der Waals surface area contributed by atoms with E-state index in [2.05, 4.69) is 29.2 Å². The van der Waals surface area contributed by atoms with Crippen LogP contribution in [-0.2, 0) is 11.3 Å². The van der Waals surface area contributed by atoms with Gasteiger partial charge in [0.05, 0.1) is 5.69 Å². The fraction of sp³-hybridized carbons (Fsp3) is 0.368. The second-order valence-electron chi connectivity index (χ2n) is 6.24. The SMILES string of the molecule is Cc1cc(C)n(C[C@@H](C)CNC(=O)C#Cc2ccc3c(c2)OCO3)n1. The Balaban J connectivity index is 1.50. The molecule has 6 heteroatoms. The molecule has 1 aromatic heterocycles. The summed E-state index contributed by atoms with van der Waals surface area (Å²) in [4.78, 5) is 11.9. The van der Waals surface area contributed by atoms with E-state index in [0.29, 0.717) is 18.0 Å². The highest BCUT2D eigenvalue weighted by molar-refractivity contribution is 5.94. The lowest BCUT2D eigenvalue weighted by Gasteiger charge is -2.12. The summed E-state index contributed by atoms with van der Waals surface area (Å²) in [5.41, 5.74) is 2.84. The van der Waals surface area contributed by atoms with Gasteiger partial charge in [-0.1, -0.05) is 12.8 Å². The monoisotopic (exact) mass is 339 g/mol. The molecule has 1 aliphatic rings. The van der Waals surface area contributed by atoms with Crippen LogP contribution in [0.1, 0.15) is 23.9 Å². The van der Waals surface area contributed by atoms with Gasteiger partial charge >= 0.3 is 0 Å². The van der Waals surface area contributed by atoms with Gasteiger partial charge in [-0.2, -0.15) is 5.10 Å². The molecule has 0 unspecified atom stereocenters. The molecule has 25 heavy (non-hydrogen) atoms. The minimum absolute atomic E-state index is 0.222. The van der Waals surface area contributed by atoms with Crippen molar-refractivity contribution in [3.8, 4) is 23.3 Å². The van der Waals surface area contributed by atoms with Crippen LogP contribution >= 0.6 is 0 Å². The van der Waals surface area contributed by atoms with E-state index in [1.807, 2.05) is 24.6 Å². The van der Waals surface area contributed by atoms with Crippen LogP contribution in [0.15, 0.2) is 24.3 Å². The van der Waals surface area contributed by atoms with E-state index in [1.165, 1.54) is 0 Å². The third-order valence-corrected chi connectivity index (χ3v) is 3.89.